The van der Waals surface area contributed by atoms with Crippen molar-refractivity contribution in [1.29, 1.82) is 0 Å². The van der Waals surface area contributed by atoms with E-state index in [1.807, 2.05) is 30.3 Å². The molecule has 2 N–H and O–H groups in total. The van der Waals surface area contributed by atoms with Crippen LogP contribution in [0.15, 0.2) is 40.4 Å². The van der Waals surface area contributed by atoms with Crippen LogP contribution in [0.4, 0.5) is 0 Å². The molecular weight excluding hydrogens is 182 g/mol. The summed E-state index contributed by atoms with van der Waals surface area (Å²) in [5, 5.41) is 4.22. The van der Waals surface area contributed by atoms with E-state index < -0.39 is 0 Å². The number of nitrogens with zero attached hydrogens (tertiary/aromatic N) is 2. The van der Waals surface area contributed by atoms with E-state index in [0.717, 1.165) is 17.0 Å². The lowest BCUT2D eigenvalue weighted by atomic mass is 10.1. The van der Waals surface area contributed by atoms with E-state index in [1.165, 1.54) is 0 Å². The van der Waals surface area contributed by atoms with E-state index >= 15 is 0 Å². The van der Waals surface area contributed by atoms with Crippen molar-refractivity contribution < 1.29 is 0 Å². The summed E-state index contributed by atoms with van der Waals surface area (Å²) >= 11 is 1.57. The third kappa shape index (κ3) is 1.72. The lowest BCUT2D eigenvalue weighted by Gasteiger charge is -1.95. The Bertz CT molecular complexity index is 356. The Morgan fingerprint density at radius 1 is 1.31 bits per heavy atom. The Hall–Kier alpha value is -1.29. The van der Waals surface area contributed by atoms with Crippen LogP contribution in [0.3, 0.4) is 0 Å². The fraction of sp³-hybridized carbons (Fsp3) is 0.111. The van der Waals surface area contributed by atoms with E-state index in [0.29, 0.717) is 5.17 Å². The molecule has 4 heteroatoms. The van der Waals surface area contributed by atoms with Crippen molar-refractivity contribution in [3.63, 3.8) is 0 Å². The Balaban J connectivity index is 2.30. The second kappa shape index (κ2) is 3.62. The van der Waals surface area contributed by atoms with E-state index in [1.54, 1.807) is 11.8 Å². The van der Waals surface area contributed by atoms with Crippen LogP contribution in [-0.4, -0.2) is 16.6 Å². The molecule has 0 aliphatic carbocycles. The van der Waals surface area contributed by atoms with Crippen molar-refractivity contribution in [3.8, 4) is 0 Å². The van der Waals surface area contributed by atoms with Crippen molar-refractivity contribution in [1.82, 2.24) is 0 Å². The molecule has 0 unspecified atom stereocenters. The van der Waals surface area contributed by atoms with E-state index in [9.17, 15) is 0 Å². The molecule has 3 nitrogen and oxygen atoms in total. The minimum Gasteiger partial charge on any atom is -0.321 e. The summed E-state index contributed by atoms with van der Waals surface area (Å²) in [5.41, 5.74) is 2.20. The zero-order valence-electron chi connectivity index (χ0n) is 6.97. The molecule has 66 valence electrons. The first-order chi connectivity index (χ1) is 6.40. The standard InChI is InChI=1S/C9H9N3S/c10-12-9-11-8(6-13-9)7-4-2-1-3-5-7/h1-5H,6,10H2/b12-9-. The first-order valence-electron chi connectivity index (χ1n) is 3.94. The topological polar surface area (TPSA) is 50.7 Å². The Morgan fingerprint density at radius 3 is 2.69 bits per heavy atom. The second-order valence-electron chi connectivity index (χ2n) is 2.62. The van der Waals surface area contributed by atoms with Crippen molar-refractivity contribution in [2.75, 3.05) is 5.75 Å². The number of aliphatic imine (C=N–C) groups is 1. The van der Waals surface area contributed by atoms with Gasteiger partial charge in [-0.15, -0.1) is 0 Å². The van der Waals surface area contributed by atoms with Gasteiger partial charge in [-0.2, -0.15) is 5.10 Å². The molecule has 0 radical (unpaired) electrons. The number of hydrogen-bond acceptors (Lipinski definition) is 3. The highest BCUT2D eigenvalue weighted by molar-refractivity contribution is 8.15. The lowest BCUT2D eigenvalue weighted by molar-refractivity contribution is 1.25. The molecule has 1 aliphatic rings. The molecule has 0 aromatic heterocycles. The van der Waals surface area contributed by atoms with Crippen LogP contribution in [0.2, 0.25) is 0 Å². The number of thioether (sulfide) groups is 1. The van der Waals surface area contributed by atoms with E-state index in [2.05, 4.69) is 10.1 Å². The van der Waals surface area contributed by atoms with E-state index in [-0.39, 0.29) is 0 Å². The average molecular weight is 191 g/mol. The molecule has 0 bridgehead atoms. The Kier molecular flexibility index (Phi) is 2.31. The van der Waals surface area contributed by atoms with Gasteiger partial charge < -0.3 is 5.84 Å². The van der Waals surface area contributed by atoms with Crippen LogP contribution in [-0.2, 0) is 0 Å². The van der Waals surface area contributed by atoms with Crippen molar-refractivity contribution >= 4 is 22.6 Å². The predicted octanol–water partition coefficient (Wildman–Crippen LogP) is 1.45. The smallest absolute Gasteiger partial charge is 0.206 e. The molecule has 2 rings (SSSR count). The van der Waals surface area contributed by atoms with Gasteiger partial charge in [-0.3, -0.25) is 0 Å². The molecule has 13 heavy (non-hydrogen) atoms. The van der Waals surface area contributed by atoms with E-state index in [4.69, 9.17) is 5.84 Å². The van der Waals surface area contributed by atoms with Gasteiger partial charge in [0.25, 0.3) is 0 Å². The predicted molar refractivity (Wildman–Crippen MR) is 57.1 cm³/mol. The number of nitrogens with two attached hydrogens (primary N) is 1. The Labute approximate surface area is 80.7 Å². The maximum absolute atomic E-state index is 5.13. The van der Waals surface area contributed by atoms with Crippen molar-refractivity contribution in [2.24, 2.45) is 15.9 Å². The summed E-state index contributed by atoms with van der Waals surface area (Å²) in [5.74, 6) is 6.00. The molecular formula is C9H9N3S. The van der Waals surface area contributed by atoms with Gasteiger partial charge in [0.15, 0.2) is 0 Å². The summed E-state index contributed by atoms with van der Waals surface area (Å²) in [4.78, 5) is 4.28. The minimum absolute atomic E-state index is 0.666. The quantitative estimate of drug-likeness (QED) is 0.539. The Morgan fingerprint density at radius 2 is 2.08 bits per heavy atom. The molecule has 1 aromatic rings. The zero-order valence-corrected chi connectivity index (χ0v) is 7.79. The highest BCUT2D eigenvalue weighted by Crippen LogP contribution is 2.18. The fourth-order valence-electron chi connectivity index (χ4n) is 1.16. The zero-order chi connectivity index (χ0) is 9.10. The van der Waals surface area contributed by atoms with Gasteiger partial charge in [-0.05, 0) is 5.56 Å². The third-order valence-corrected chi connectivity index (χ3v) is 2.66. The van der Waals surface area contributed by atoms with Gasteiger partial charge in [0.1, 0.15) is 0 Å². The highest BCUT2D eigenvalue weighted by atomic mass is 32.2. The largest absolute Gasteiger partial charge is 0.321 e. The van der Waals surface area contributed by atoms with Gasteiger partial charge in [0.2, 0.25) is 5.17 Å². The molecule has 0 fully saturated rings. The summed E-state index contributed by atoms with van der Waals surface area (Å²) < 4.78 is 0. The second-order valence-corrected chi connectivity index (χ2v) is 3.57. The minimum atomic E-state index is 0.666. The molecule has 1 aromatic carbocycles. The SMILES string of the molecule is N/N=C1/N=C(c2ccccc2)CS1. The molecule has 1 aliphatic heterocycles. The molecule has 0 saturated carbocycles. The number of amidine groups is 1. The number of rotatable bonds is 1. The summed E-state index contributed by atoms with van der Waals surface area (Å²) in [6.45, 7) is 0. The van der Waals surface area contributed by atoms with Crippen LogP contribution < -0.4 is 5.84 Å². The van der Waals surface area contributed by atoms with Gasteiger partial charge in [0, 0.05) is 5.75 Å². The van der Waals surface area contributed by atoms with Crippen LogP contribution in [0.25, 0.3) is 0 Å². The summed E-state index contributed by atoms with van der Waals surface area (Å²) in [6.07, 6.45) is 0. The molecule has 0 atom stereocenters. The van der Waals surface area contributed by atoms with Crippen LogP contribution in [0.5, 0.6) is 0 Å². The lowest BCUT2D eigenvalue weighted by Crippen LogP contribution is -1.98. The summed E-state index contributed by atoms with van der Waals surface area (Å²) in [7, 11) is 0. The first-order valence-corrected chi connectivity index (χ1v) is 4.92. The average Bonchev–Trinajstić information content (AvgIpc) is 2.67. The number of hydrogen-bond donors (Lipinski definition) is 1. The first kappa shape index (κ1) is 8.31. The fourth-order valence-corrected chi connectivity index (χ4v) is 1.90. The molecule has 1 heterocycles. The van der Waals surface area contributed by atoms with Crippen LogP contribution >= 0.6 is 11.8 Å². The molecule has 0 spiro atoms. The maximum atomic E-state index is 5.13. The summed E-state index contributed by atoms with van der Waals surface area (Å²) in [6, 6.07) is 10.1. The van der Waals surface area contributed by atoms with Crippen LogP contribution in [0, 0.1) is 0 Å². The van der Waals surface area contributed by atoms with Crippen molar-refractivity contribution in [3.05, 3.63) is 35.9 Å². The van der Waals surface area contributed by atoms with Gasteiger partial charge in [0.05, 0.1) is 5.71 Å². The van der Waals surface area contributed by atoms with Crippen molar-refractivity contribution in [2.45, 2.75) is 0 Å². The monoisotopic (exact) mass is 191 g/mol. The normalized spacial score (nSPS) is 19.1. The third-order valence-electron chi connectivity index (χ3n) is 1.79. The molecule has 0 saturated heterocycles. The number of benzene rings is 1. The molecule has 0 amide bonds. The van der Waals surface area contributed by atoms with Crippen LogP contribution in [0.1, 0.15) is 5.56 Å². The van der Waals surface area contributed by atoms with Gasteiger partial charge >= 0.3 is 0 Å². The van der Waals surface area contributed by atoms with Gasteiger partial charge in [-0.1, -0.05) is 42.1 Å². The maximum Gasteiger partial charge on any atom is 0.206 e. The number of hydrazone groups is 1. The highest BCUT2D eigenvalue weighted by Gasteiger charge is 2.13. The van der Waals surface area contributed by atoms with Gasteiger partial charge in [-0.25, -0.2) is 4.99 Å².